The minimum atomic E-state index is -4.66. The van der Waals surface area contributed by atoms with Gasteiger partial charge in [0.1, 0.15) is 0 Å². The topological polar surface area (TPSA) is 82.2 Å². The summed E-state index contributed by atoms with van der Waals surface area (Å²) in [7, 11) is 0. The van der Waals surface area contributed by atoms with Crippen molar-refractivity contribution >= 4 is 22.5 Å². The molecule has 39 heavy (non-hydrogen) atoms. The molecule has 0 aliphatic carbocycles. The maximum atomic E-state index is 14.3. The van der Waals surface area contributed by atoms with Crippen LogP contribution in [-0.4, -0.2) is 66.1 Å². The Bertz CT molecular complexity index is 1290. The van der Waals surface area contributed by atoms with Crippen molar-refractivity contribution < 1.29 is 18.0 Å². The molecule has 2 saturated heterocycles. The van der Waals surface area contributed by atoms with Gasteiger partial charge in [-0.1, -0.05) is 12.5 Å². The van der Waals surface area contributed by atoms with Gasteiger partial charge >= 0.3 is 6.18 Å². The Hall–Kier alpha value is -3.24. The second-order valence-corrected chi connectivity index (χ2v) is 10.4. The van der Waals surface area contributed by atoms with Gasteiger partial charge in [-0.05, 0) is 89.1 Å². The monoisotopic (exact) mass is 540 g/mol. The number of halogens is 3. The molecule has 0 spiro atoms. The number of hydrogen-bond acceptors (Lipinski definition) is 6. The van der Waals surface area contributed by atoms with E-state index in [1.54, 1.807) is 24.5 Å². The van der Waals surface area contributed by atoms with Crippen LogP contribution in [0.15, 0.2) is 42.7 Å². The Balaban J connectivity index is 1.40. The van der Waals surface area contributed by atoms with Crippen LogP contribution in [0.4, 0.5) is 18.9 Å². The molecule has 0 unspecified atom stereocenters. The van der Waals surface area contributed by atoms with E-state index in [0.29, 0.717) is 17.7 Å². The zero-order valence-electron chi connectivity index (χ0n) is 22.0. The Labute approximate surface area is 226 Å². The molecule has 5 rings (SSSR count). The number of alkyl halides is 3. The number of nitrogens with zero attached hydrogens (tertiary/aromatic N) is 3. The lowest BCUT2D eigenvalue weighted by Crippen LogP contribution is -2.42. The number of carbonyl (C=O) groups excluding carboxylic acids is 1. The number of rotatable bonds is 8. The van der Waals surface area contributed by atoms with Crippen LogP contribution in [-0.2, 0) is 6.18 Å². The van der Waals surface area contributed by atoms with Gasteiger partial charge in [-0.3, -0.25) is 9.78 Å². The SMILES string of the molecule is O=C(NC1CCNCC1)c1ccc(-c2cc(NCCCN3CCCCC3)c3cnccc3n2)c(C(F)(F)F)c1. The Morgan fingerprint density at radius 1 is 1.08 bits per heavy atom. The molecule has 10 heteroatoms. The third kappa shape index (κ3) is 6.86. The van der Waals surface area contributed by atoms with Gasteiger partial charge < -0.3 is 20.9 Å². The number of piperidine rings is 2. The Morgan fingerprint density at radius 2 is 1.87 bits per heavy atom. The van der Waals surface area contributed by atoms with Crippen LogP contribution in [0.1, 0.15) is 54.4 Å². The zero-order valence-corrected chi connectivity index (χ0v) is 22.0. The van der Waals surface area contributed by atoms with Crippen molar-refractivity contribution in [3.63, 3.8) is 0 Å². The van der Waals surface area contributed by atoms with Crippen molar-refractivity contribution in [1.82, 2.24) is 25.5 Å². The number of amides is 1. The van der Waals surface area contributed by atoms with E-state index in [9.17, 15) is 18.0 Å². The van der Waals surface area contributed by atoms with Gasteiger partial charge in [0, 0.05) is 47.2 Å². The first-order chi connectivity index (χ1) is 18.9. The summed E-state index contributed by atoms with van der Waals surface area (Å²) in [5.41, 5.74) is 0.508. The summed E-state index contributed by atoms with van der Waals surface area (Å²) in [6.45, 7) is 5.47. The minimum absolute atomic E-state index is 0.00865. The van der Waals surface area contributed by atoms with E-state index in [1.807, 2.05) is 0 Å². The summed E-state index contributed by atoms with van der Waals surface area (Å²) in [6, 6.07) is 7.05. The second-order valence-electron chi connectivity index (χ2n) is 10.4. The lowest BCUT2D eigenvalue weighted by molar-refractivity contribution is -0.137. The average molecular weight is 541 g/mol. The first-order valence-electron chi connectivity index (χ1n) is 13.8. The van der Waals surface area contributed by atoms with Crippen LogP contribution in [0, 0.1) is 0 Å². The number of carbonyl (C=O) groups is 1. The molecular weight excluding hydrogens is 505 g/mol. The first kappa shape index (κ1) is 27.3. The van der Waals surface area contributed by atoms with Crippen molar-refractivity contribution in [3.05, 3.63) is 53.9 Å². The molecule has 2 aromatic heterocycles. The molecular formula is C29H35F3N6O. The number of likely N-dealkylation sites (tertiary alicyclic amines) is 1. The lowest BCUT2D eigenvalue weighted by atomic mass is 9.98. The molecule has 1 amide bonds. The number of pyridine rings is 2. The van der Waals surface area contributed by atoms with E-state index in [4.69, 9.17) is 0 Å². The third-order valence-electron chi connectivity index (χ3n) is 7.56. The Morgan fingerprint density at radius 3 is 2.64 bits per heavy atom. The molecule has 2 fully saturated rings. The number of anilines is 1. The fourth-order valence-electron chi connectivity index (χ4n) is 5.44. The summed E-state index contributed by atoms with van der Waals surface area (Å²) < 4.78 is 42.8. The molecule has 3 N–H and O–H groups in total. The van der Waals surface area contributed by atoms with E-state index >= 15 is 0 Å². The second kappa shape index (κ2) is 12.3. The number of benzene rings is 1. The van der Waals surface area contributed by atoms with Gasteiger partial charge in [-0.2, -0.15) is 13.2 Å². The number of aromatic nitrogens is 2. The van der Waals surface area contributed by atoms with E-state index in [-0.39, 0.29) is 22.9 Å². The van der Waals surface area contributed by atoms with Crippen LogP contribution in [0.2, 0.25) is 0 Å². The predicted octanol–water partition coefficient (Wildman–Crippen LogP) is 5.09. The molecule has 7 nitrogen and oxygen atoms in total. The fourth-order valence-corrected chi connectivity index (χ4v) is 5.44. The van der Waals surface area contributed by atoms with Gasteiger partial charge in [0.05, 0.1) is 16.8 Å². The van der Waals surface area contributed by atoms with Crippen LogP contribution >= 0.6 is 0 Å². The maximum Gasteiger partial charge on any atom is 0.417 e. The maximum absolute atomic E-state index is 14.3. The number of hydrogen-bond donors (Lipinski definition) is 3. The van der Waals surface area contributed by atoms with Gasteiger partial charge in [0.2, 0.25) is 0 Å². The first-order valence-corrected chi connectivity index (χ1v) is 13.8. The third-order valence-corrected chi connectivity index (χ3v) is 7.56. The van der Waals surface area contributed by atoms with Crippen molar-refractivity contribution in [1.29, 1.82) is 0 Å². The molecule has 0 atom stereocenters. The molecule has 2 aliphatic heterocycles. The molecule has 3 aromatic rings. The lowest BCUT2D eigenvalue weighted by Gasteiger charge is -2.26. The molecule has 0 saturated carbocycles. The quantitative estimate of drug-likeness (QED) is 0.346. The van der Waals surface area contributed by atoms with Crippen molar-refractivity contribution in [2.45, 2.75) is 50.7 Å². The Kier molecular flexibility index (Phi) is 8.62. The molecule has 0 radical (unpaired) electrons. The van der Waals surface area contributed by atoms with Crippen molar-refractivity contribution in [2.24, 2.45) is 0 Å². The minimum Gasteiger partial charge on any atom is -0.384 e. The van der Waals surface area contributed by atoms with E-state index in [2.05, 4.69) is 30.8 Å². The zero-order chi connectivity index (χ0) is 27.2. The van der Waals surface area contributed by atoms with Crippen LogP contribution < -0.4 is 16.0 Å². The van der Waals surface area contributed by atoms with Gasteiger partial charge in [-0.25, -0.2) is 4.98 Å². The fraction of sp³-hybridized carbons (Fsp3) is 0.483. The molecule has 2 aliphatic rings. The molecule has 1 aromatic carbocycles. The van der Waals surface area contributed by atoms with E-state index in [1.165, 1.54) is 31.4 Å². The van der Waals surface area contributed by atoms with E-state index in [0.717, 1.165) is 63.4 Å². The highest BCUT2D eigenvalue weighted by molar-refractivity contribution is 5.96. The smallest absolute Gasteiger partial charge is 0.384 e. The summed E-state index contributed by atoms with van der Waals surface area (Å²) in [5, 5.41) is 10.3. The standard InChI is InChI=1S/C29H35F3N6O/c30-29(31,32)24-17-20(28(39)36-21-7-11-33-12-8-21)5-6-22(24)27-18-26(23-19-34-13-9-25(23)37-27)35-10-4-16-38-14-2-1-3-15-38/h5-6,9,13,17-19,21,33H,1-4,7-8,10-12,14-16H2,(H,35,37)(H,36,39). The van der Waals surface area contributed by atoms with E-state index < -0.39 is 17.6 Å². The number of nitrogens with one attached hydrogen (secondary N) is 3. The summed E-state index contributed by atoms with van der Waals surface area (Å²) in [5.74, 6) is -0.493. The summed E-state index contributed by atoms with van der Waals surface area (Å²) >= 11 is 0. The van der Waals surface area contributed by atoms with Crippen molar-refractivity contribution in [2.75, 3.05) is 44.6 Å². The largest absolute Gasteiger partial charge is 0.417 e. The van der Waals surface area contributed by atoms with Crippen LogP contribution in [0.5, 0.6) is 0 Å². The highest BCUT2D eigenvalue weighted by Crippen LogP contribution is 2.39. The molecule has 4 heterocycles. The van der Waals surface area contributed by atoms with Crippen LogP contribution in [0.3, 0.4) is 0 Å². The van der Waals surface area contributed by atoms with Gasteiger partial charge in [0.25, 0.3) is 5.91 Å². The van der Waals surface area contributed by atoms with Gasteiger partial charge in [-0.15, -0.1) is 0 Å². The summed E-state index contributed by atoms with van der Waals surface area (Å²) in [6.07, 6.45) is 4.78. The van der Waals surface area contributed by atoms with Crippen molar-refractivity contribution in [3.8, 4) is 11.3 Å². The average Bonchev–Trinajstić information content (AvgIpc) is 2.95. The van der Waals surface area contributed by atoms with Crippen LogP contribution in [0.25, 0.3) is 22.2 Å². The highest BCUT2D eigenvalue weighted by Gasteiger charge is 2.35. The molecule has 0 bridgehead atoms. The summed E-state index contributed by atoms with van der Waals surface area (Å²) in [4.78, 5) is 24.0. The normalized spacial score (nSPS) is 17.3. The molecule has 208 valence electrons. The highest BCUT2D eigenvalue weighted by atomic mass is 19.4. The number of fused-ring (bicyclic) bond motifs is 1. The predicted molar refractivity (Wildman–Crippen MR) is 147 cm³/mol. The van der Waals surface area contributed by atoms with Gasteiger partial charge in [0.15, 0.2) is 0 Å².